The quantitative estimate of drug-likeness (QED) is 0.839. The first-order chi connectivity index (χ1) is 6.85. The summed E-state index contributed by atoms with van der Waals surface area (Å²) in [5.74, 6) is 0.303. The number of hydrogen-bond acceptors (Lipinski definition) is 2. The smallest absolute Gasteiger partial charge is 0.163 e. The van der Waals surface area contributed by atoms with Crippen molar-refractivity contribution in [3.8, 4) is 5.75 Å². The van der Waals surface area contributed by atoms with Crippen LogP contribution in [0.15, 0.2) is 12.1 Å². The molecule has 84 valence electrons. The summed E-state index contributed by atoms with van der Waals surface area (Å²) in [6.45, 7) is 5.97. The molecule has 1 aromatic rings. The first kappa shape index (κ1) is 12.5. The average molecular weight is 323 g/mol. The number of benzene rings is 1. The van der Waals surface area contributed by atoms with Crippen LogP contribution < -0.4 is 10.1 Å². The Bertz CT molecular complexity index is 360. The van der Waals surface area contributed by atoms with E-state index in [2.05, 4.69) is 5.32 Å². The zero-order valence-electron chi connectivity index (χ0n) is 9.32. The molecule has 0 atom stereocenters. The van der Waals surface area contributed by atoms with E-state index in [0.717, 1.165) is 0 Å². The summed E-state index contributed by atoms with van der Waals surface area (Å²) in [5, 5.41) is 3.11. The largest absolute Gasteiger partial charge is 0.496 e. The molecule has 1 aromatic carbocycles. The number of halogens is 2. The molecule has 0 aliphatic carbocycles. The van der Waals surface area contributed by atoms with Crippen LogP contribution >= 0.6 is 22.6 Å². The molecule has 0 amide bonds. The maximum absolute atomic E-state index is 13.8. The van der Waals surface area contributed by atoms with E-state index in [1.54, 1.807) is 12.1 Å². The molecule has 0 spiro atoms. The number of ether oxygens (including phenoxy) is 1. The molecule has 0 aliphatic rings. The van der Waals surface area contributed by atoms with Gasteiger partial charge in [-0.2, -0.15) is 0 Å². The SMILES string of the molecule is COc1ccc(NC(C)(C)C)c(F)c1I. The molecule has 1 N–H and O–H groups in total. The Labute approximate surface area is 103 Å². The molecule has 4 heteroatoms. The number of methoxy groups -OCH3 is 1. The van der Waals surface area contributed by atoms with Gasteiger partial charge in [-0.15, -0.1) is 0 Å². The van der Waals surface area contributed by atoms with Gasteiger partial charge in [-0.25, -0.2) is 4.39 Å². The Kier molecular flexibility index (Phi) is 3.81. The minimum absolute atomic E-state index is 0.154. The van der Waals surface area contributed by atoms with Crippen LogP contribution in [0, 0.1) is 9.39 Å². The highest BCUT2D eigenvalue weighted by Gasteiger charge is 2.16. The van der Waals surface area contributed by atoms with Crippen molar-refractivity contribution in [2.45, 2.75) is 26.3 Å². The highest BCUT2D eigenvalue weighted by molar-refractivity contribution is 14.1. The molecule has 0 radical (unpaired) electrons. The molecule has 0 saturated carbocycles. The first-order valence-corrected chi connectivity index (χ1v) is 5.73. The van der Waals surface area contributed by atoms with Crippen molar-refractivity contribution in [3.05, 3.63) is 21.5 Å². The monoisotopic (exact) mass is 323 g/mol. The number of anilines is 1. The van der Waals surface area contributed by atoms with Crippen LogP contribution in [0.1, 0.15) is 20.8 Å². The van der Waals surface area contributed by atoms with E-state index in [0.29, 0.717) is 15.0 Å². The fourth-order valence-electron chi connectivity index (χ4n) is 1.19. The standard InChI is InChI=1S/C11H15FINO/c1-11(2,3)14-7-5-6-8(15-4)10(13)9(7)12/h5-6,14H,1-4H3. The molecule has 0 saturated heterocycles. The fourth-order valence-corrected chi connectivity index (χ4v) is 1.88. The summed E-state index contributed by atoms with van der Waals surface area (Å²) in [5.41, 5.74) is 0.353. The lowest BCUT2D eigenvalue weighted by Crippen LogP contribution is -2.26. The van der Waals surface area contributed by atoms with Crippen molar-refractivity contribution in [1.29, 1.82) is 0 Å². The molecule has 0 bridgehead atoms. The average Bonchev–Trinajstić information content (AvgIpc) is 2.11. The van der Waals surface area contributed by atoms with Gasteiger partial charge in [-0.3, -0.25) is 0 Å². The topological polar surface area (TPSA) is 21.3 Å². The fraction of sp³-hybridized carbons (Fsp3) is 0.455. The van der Waals surface area contributed by atoms with Gasteiger partial charge in [0.05, 0.1) is 16.4 Å². The number of hydrogen-bond donors (Lipinski definition) is 1. The number of rotatable bonds is 2. The summed E-state index contributed by atoms with van der Waals surface area (Å²) < 4.78 is 19.4. The zero-order chi connectivity index (χ0) is 11.6. The minimum Gasteiger partial charge on any atom is -0.496 e. The van der Waals surface area contributed by atoms with Crippen molar-refractivity contribution < 1.29 is 9.13 Å². The maximum atomic E-state index is 13.8. The third-order valence-electron chi connectivity index (χ3n) is 1.78. The summed E-state index contributed by atoms with van der Waals surface area (Å²) in [6.07, 6.45) is 0. The molecule has 0 heterocycles. The van der Waals surface area contributed by atoms with Gasteiger partial charge in [0, 0.05) is 5.54 Å². The summed E-state index contributed by atoms with van der Waals surface area (Å²) in [6, 6.07) is 3.46. The van der Waals surface area contributed by atoms with E-state index in [1.807, 2.05) is 43.4 Å². The molecule has 0 aromatic heterocycles. The van der Waals surface area contributed by atoms with Crippen LogP contribution in [0.4, 0.5) is 10.1 Å². The van der Waals surface area contributed by atoms with Crippen molar-refractivity contribution in [3.63, 3.8) is 0 Å². The van der Waals surface area contributed by atoms with Gasteiger partial charge in [0.1, 0.15) is 5.75 Å². The normalized spacial score (nSPS) is 11.3. The maximum Gasteiger partial charge on any atom is 0.163 e. The predicted molar refractivity (Wildman–Crippen MR) is 69.0 cm³/mol. The third-order valence-corrected chi connectivity index (χ3v) is 2.78. The van der Waals surface area contributed by atoms with Gasteiger partial charge < -0.3 is 10.1 Å². The van der Waals surface area contributed by atoms with Gasteiger partial charge in [0.25, 0.3) is 0 Å². The van der Waals surface area contributed by atoms with Crippen LogP contribution in [-0.4, -0.2) is 12.6 Å². The second kappa shape index (κ2) is 4.55. The van der Waals surface area contributed by atoms with E-state index in [4.69, 9.17) is 4.74 Å². The summed E-state index contributed by atoms with van der Waals surface area (Å²) >= 11 is 1.94. The minimum atomic E-state index is -0.259. The summed E-state index contributed by atoms with van der Waals surface area (Å²) in [7, 11) is 1.54. The molecule has 15 heavy (non-hydrogen) atoms. The van der Waals surface area contributed by atoms with E-state index < -0.39 is 0 Å². The van der Waals surface area contributed by atoms with Gasteiger partial charge in [0.2, 0.25) is 0 Å². The molecule has 2 nitrogen and oxygen atoms in total. The van der Waals surface area contributed by atoms with Crippen LogP contribution in [0.2, 0.25) is 0 Å². The highest BCUT2D eigenvalue weighted by atomic mass is 127. The lowest BCUT2D eigenvalue weighted by Gasteiger charge is -2.23. The van der Waals surface area contributed by atoms with E-state index >= 15 is 0 Å². The molecular formula is C11H15FINO. The van der Waals surface area contributed by atoms with Gasteiger partial charge in [-0.05, 0) is 55.5 Å². The Morgan fingerprint density at radius 2 is 1.93 bits per heavy atom. The second-order valence-corrected chi connectivity index (χ2v) is 5.40. The van der Waals surface area contributed by atoms with Crippen LogP contribution in [0.25, 0.3) is 0 Å². The Hall–Kier alpha value is -0.520. The highest BCUT2D eigenvalue weighted by Crippen LogP contribution is 2.29. The third kappa shape index (κ3) is 3.22. The van der Waals surface area contributed by atoms with Crippen molar-refractivity contribution in [1.82, 2.24) is 0 Å². The van der Waals surface area contributed by atoms with Crippen LogP contribution in [0.5, 0.6) is 5.75 Å². The first-order valence-electron chi connectivity index (χ1n) is 4.65. The van der Waals surface area contributed by atoms with Crippen LogP contribution in [-0.2, 0) is 0 Å². The molecule has 0 aliphatic heterocycles. The summed E-state index contributed by atoms with van der Waals surface area (Å²) in [4.78, 5) is 0. The Morgan fingerprint density at radius 1 is 1.33 bits per heavy atom. The molecule has 1 rings (SSSR count). The van der Waals surface area contributed by atoms with E-state index in [1.165, 1.54) is 7.11 Å². The Balaban J connectivity index is 3.07. The van der Waals surface area contributed by atoms with Gasteiger partial charge in [0.15, 0.2) is 5.82 Å². The van der Waals surface area contributed by atoms with Crippen LogP contribution in [0.3, 0.4) is 0 Å². The molecule has 0 unspecified atom stereocenters. The lowest BCUT2D eigenvalue weighted by molar-refractivity contribution is 0.407. The zero-order valence-corrected chi connectivity index (χ0v) is 11.5. The van der Waals surface area contributed by atoms with Crippen molar-refractivity contribution in [2.75, 3.05) is 12.4 Å². The second-order valence-electron chi connectivity index (χ2n) is 4.32. The Morgan fingerprint density at radius 3 is 2.40 bits per heavy atom. The molecular weight excluding hydrogens is 308 g/mol. The number of nitrogens with one attached hydrogen (secondary N) is 1. The van der Waals surface area contributed by atoms with Gasteiger partial charge >= 0.3 is 0 Å². The van der Waals surface area contributed by atoms with E-state index in [-0.39, 0.29) is 11.4 Å². The molecule has 0 fully saturated rings. The lowest BCUT2D eigenvalue weighted by atomic mass is 10.1. The predicted octanol–water partition coefficient (Wildman–Crippen LogP) is 3.65. The van der Waals surface area contributed by atoms with E-state index in [9.17, 15) is 4.39 Å². The van der Waals surface area contributed by atoms with Crippen molar-refractivity contribution >= 4 is 28.3 Å². The van der Waals surface area contributed by atoms with Gasteiger partial charge in [-0.1, -0.05) is 0 Å². The van der Waals surface area contributed by atoms with Crippen molar-refractivity contribution in [2.24, 2.45) is 0 Å².